The lowest BCUT2D eigenvalue weighted by Gasteiger charge is -2.38. The molecule has 1 amide bonds. The molecule has 0 saturated heterocycles. The number of carbonyl (C=O) groups excluding carboxylic acids is 1. The van der Waals surface area contributed by atoms with Crippen molar-refractivity contribution in [2.45, 2.75) is 32.7 Å². The lowest BCUT2D eigenvalue weighted by Crippen LogP contribution is -2.41. The first-order valence-corrected chi connectivity index (χ1v) is 13.3. The van der Waals surface area contributed by atoms with Crippen LogP contribution in [0, 0.1) is 6.92 Å². The van der Waals surface area contributed by atoms with Crippen LogP contribution >= 0.6 is 23.2 Å². The Balaban J connectivity index is 1.72. The molecule has 4 rings (SSSR count). The quantitative estimate of drug-likeness (QED) is 0.214. The lowest BCUT2D eigenvalue weighted by molar-refractivity contribution is 0.137. The fourth-order valence-corrected chi connectivity index (χ4v) is 5.02. The summed E-state index contributed by atoms with van der Waals surface area (Å²) in [5.74, 6) is 1.82. The molecule has 1 atom stereocenters. The van der Waals surface area contributed by atoms with E-state index in [-0.39, 0.29) is 6.04 Å². The Morgan fingerprint density at radius 1 is 1.11 bits per heavy atom. The molecule has 0 fully saturated rings. The van der Waals surface area contributed by atoms with E-state index in [2.05, 4.69) is 20.4 Å². The molecule has 1 aliphatic rings. The van der Waals surface area contributed by atoms with E-state index in [1.165, 1.54) is 5.57 Å². The molecule has 37 heavy (non-hydrogen) atoms. The van der Waals surface area contributed by atoms with Gasteiger partial charge in [0.1, 0.15) is 11.5 Å². The van der Waals surface area contributed by atoms with Gasteiger partial charge in [0, 0.05) is 23.0 Å². The first-order chi connectivity index (χ1) is 17.9. The summed E-state index contributed by atoms with van der Waals surface area (Å²) in [4.78, 5) is 15.4. The Morgan fingerprint density at radius 2 is 1.86 bits per heavy atom. The van der Waals surface area contributed by atoms with Crippen molar-refractivity contribution < 1.29 is 14.3 Å². The molecule has 4 nitrogen and oxygen atoms in total. The number of amides is 1. The minimum Gasteiger partial charge on any atom is -0.494 e. The van der Waals surface area contributed by atoms with Gasteiger partial charge in [0.15, 0.2) is 0 Å². The van der Waals surface area contributed by atoms with Crippen molar-refractivity contribution in [2.75, 3.05) is 19.0 Å². The van der Waals surface area contributed by atoms with E-state index >= 15 is 0 Å². The van der Waals surface area contributed by atoms with Crippen LogP contribution in [0.3, 0.4) is 0 Å². The molecule has 0 spiro atoms. The SMILES string of the molecule is C=Cc1ccccc1OC(=O)N1CCC(c2cc(Cl)ccc2C)=C(C)C1c1ccc(OCCCCl)cc1. The summed E-state index contributed by atoms with van der Waals surface area (Å²) in [6, 6.07) is 20.9. The Labute approximate surface area is 229 Å². The summed E-state index contributed by atoms with van der Waals surface area (Å²) < 4.78 is 11.7. The molecule has 1 unspecified atom stereocenters. The van der Waals surface area contributed by atoms with Crippen LogP contribution in [-0.4, -0.2) is 30.0 Å². The number of halogens is 2. The highest BCUT2D eigenvalue weighted by atomic mass is 35.5. The van der Waals surface area contributed by atoms with Gasteiger partial charge in [-0.1, -0.05) is 60.7 Å². The highest BCUT2D eigenvalue weighted by Crippen LogP contribution is 2.41. The van der Waals surface area contributed by atoms with Crippen LogP contribution in [-0.2, 0) is 0 Å². The second-order valence-electron chi connectivity index (χ2n) is 9.04. The van der Waals surface area contributed by atoms with Crippen molar-refractivity contribution >= 4 is 40.9 Å². The van der Waals surface area contributed by atoms with Crippen LogP contribution < -0.4 is 9.47 Å². The Bertz CT molecular complexity index is 1300. The number of hydrogen-bond donors (Lipinski definition) is 0. The predicted molar refractivity (Wildman–Crippen MR) is 153 cm³/mol. The molecular weight excluding hydrogens is 505 g/mol. The number of para-hydroxylation sites is 1. The summed E-state index contributed by atoms with van der Waals surface area (Å²) in [6.07, 6.45) is 2.76. The normalized spacial score (nSPS) is 15.5. The van der Waals surface area contributed by atoms with Crippen LogP contribution in [0.1, 0.15) is 48.1 Å². The van der Waals surface area contributed by atoms with Gasteiger partial charge >= 0.3 is 6.09 Å². The van der Waals surface area contributed by atoms with Gasteiger partial charge in [-0.3, -0.25) is 4.90 Å². The summed E-state index contributed by atoms with van der Waals surface area (Å²) >= 11 is 12.1. The van der Waals surface area contributed by atoms with E-state index in [1.807, 2.05) is 60.7 Å². The van der Waals surface area contributed by atoms with Gasteiger partial charge in [-0.25, -0.2) is 4.79 Å². The summed E-state index contributed by atoms with van der Waals surface area (Å²) in [5, 5.41) is 0.693. The third kappa shape index (κ3) is 6.20. The summed E-state index contributed by atoms with van der Waals surface area (Å²) in [6.45, 7) is 9.07. The van der Waals surface area contributed by atoms with Gasteiger partial charge in [0.2, 0.25) is 0 Å². The Kier molecular flexibility index (Phi) is 8.96. The van der Waals surface area contributed by atoms with Gasteiger partial charge < -0.3 is 9.47 Å². The van der Waals surface area contributed by atoms with Crippen LogP contribution in [0.25, 0.3) is 11.6 Å². The first-order valence-electron chi connectivity index (χ1n) is 12.4. The highest BCUT2D eigenvalue weighted by molar-refractivity contribution is 6.30. The minimum atomic E-state index is -0.400. The number of rotatable bonds is 8. The molecule has 6 heteroatoms. The van der Waals surface area contributed by atoms with Gasteiger partial charge in [0.05, 0.1) is 12.6 Å². The highest BCUT2D eigenvalue weighted by Gasteiger charge is 2.34. The van der Waals surface area contributed by atoms with E-state index in [0.717, 1.165) is 40.0 Å². The van der Waals surface area contributed by atoms with Crippen molar-refractivity contribution in [1.29, 1.82) is 0 Å². The number of benzene rings is 3. The number of hydrogen-bond acceptors (Lipinski definition) is 3. The summed E-state index contributed by atoms with van der Waals surface area (Å²) in [7, 11) is 0. The zero-order chi connectivity index (χ0) is 26.4. The standard InChI is InChI=1S/C31H31Cl2NO3/c1-4-23-8-5-6-9-29(23)37-31(35)34-18-16-27(28-20-25(33)13-10-21(28)2)22(3)30(34)24-11-14-26(15-12-24)36-19-7-17-32/h4-6,8-15,20,30H,1,7,16-19H2,2-3H3. The molecule has 0 radical (unpaired) electrons. The molecule has 1 aliphatic heterocycles. The van der Waals surface area contributed by atoms with Gasteiger partial charge in [-0.15, -0.1) is 11.6 Å². The fraction of sp³-hybridized carbons (Fsp3) is 0.258. The largest absolute Gasteiger partial charge is 0.494 e. The average molecular weight is 536 g/mol. The van der Waals surface area contributed by atoms with E-state index in [1.54, 1.807) is 17.0 Å². The summed E-state index contributed by atoms with van der Waals surface area (Å²) in [5.41, 5.74) is 6.29. The maximum absolute atomic E-state index is 13.6. The molecule has 3 aromatic carbocycles. The van der Waals surface area contributed by atoms with Crippen molar-refractivity contribution in [2.24, 2.45) is 0 Å². The number of aryl methyl sites for hydroxylation is 1. The molecule has 192 valence electrons. The van der Waals surface area contributed by atoms with Crippen LogP contribution in [0.5, 0.6) is 11.5 Å². The van der Waals surface area contributed by atoms with E-state index < -0.39 is 6.09 Å². The van der Waals surface area contributed by atoms with Gasteiger partial charge in [-0.05, 0) is 84.9 Å². The Morgan fingerprint density at radius 3 is 2.59 bits per heavy atom. The topological polar surface area (TPSA) is 38.8 Å². The predicted octanol–water partition coefficient (Wildman–Crippen LogP) is 8.72. The van der Waals surface area contributed by atoms with Gasteiger partial charge in [-0.2, -0.15) is 0 Å². The van der Waals surface area contributed by atoms with Crippen LogP contribution in [0.15, 0.2) is 78.9 Å². The third-order valence-electron chi connectivity index (χ3n) is 6.64. The second-order valence-corrected chi connectivity index (χ2v) is 9.85. The van der Waals surface area contributed by atoms with Crippen molar-refractivity contribution in [3.8, 4) is 11.5 Å². The van der Waals surface area contributed by atoms with Crippen molar-refractivity contribution in [3.05, 3.63) is 106 Å². The molecule has 0 N–H and O–H groups in total. The smallest absolute Gasteiger partial charge is 0.416 e. The molecule has 0 saturated carbocycles. The first kappa shape index (κ1) is 26.8. The zero-order valence-electron chi connectivity index (χ0n) is 21.2. The molecule has 0 bridgehead atoms. The van der Waals surface area contributed by atoms with E-state index in [0.29, 0.717) is 36.2 Å². The van der Waals surface area contributed by atoms with Crippen molar-refractivity contribution in [1.82, 2.24) is 4.90 Å². The second kappa shape index (κ2) is 12.4. The number of alkyl halides is 1. The van der Waals surface area contributed by atoms with E-state index in [9.17, 15) is 4.79 Å². The number of nitrogens with zero attached hydrogens (tertiary/aromatic N) is 1. The zero-order valence-corrected chi connectivity index (χ0v) is 22.7. The lowest BCUT2D eigenvalue weighted by atomic mass is 9.84. The molecule has 3 aromatic rings. The average Bonchev–Trinajstić information content (AvgIpc) is 2.91. The maximum Gasteiger partial charge on any atom is 0.416 e. The van der Waals surface area contributed by atoms with Crippen molar-refractivity contribution in [3.63, 3.8) is 0 Å². The van der Waals surface area contributed by atoms with Crippen LogP contribution in [0.4, 0.5) is 4.79 Å². The fourth-order valence-electron chi connectivity index (χ4n) is 4.74. The van der Waals surface area contributed by atoms with Gasteiger partial charge in [0.25, 0.3) is 0 Å². The molecule has 0 aromatic heterocycles. The Hall–Kier alpha value is -3.21. The molecule has 1 heterocycles. The maximum atomic E-state index is 13.6. The minimum absolute atomic E-state index is 0.303. The third-order valence-corrected chi connectivity index (χ3v) is 7.14. The monoisotopic (exact) mass is 535 g/mol. The molecule has 0 aliphatic carbocycles. The van der Waals surface area contributed by atoms with E-state index in [4.69, 9.17) is 32.7 Å². The number of ether oxygens (including phenoxy) is 2. The molecular formula is C31H31Cl2NO3. The number of carbonyl (C=O) groups is 1. The van der Waals surface area contributed by atoms with Crippen LogP contribution in [0.2, 0.25) is 5.02 Å².